The van der Waals surface area contributed by atoms with Gasteiger partial charge in [-0.05, 0) is 63.4 Å². The zero-order valence-corrected chi connectivity index (χ0v) is 23.3. The van der Waals surface area contributed by atoms with Gasteiger partial charge in [-0.2, -0.15) is 0 Å². The summed E-state index contributed by atoms with van der Waals surface area (Å²) in [5.41, 5.74) is 12.1. The van der Waals surface area contributed by atoms with Gasteiger partial charge in [-0.25, -0.2) is 0 Å². The Morgan fingerprint density at radius 2 is 1.47 bits per heavy atom. The minimum Gasteiger partial charge on any atom is -0.358 e. The van der Waals surface area contributed by atoms with Gasteiger partial charge in [-0.3, -0.25) is 0 Å². The van der Waals surface area contributed by atoms with Crippen LogP contribution in [0, 0.1) is 0 Å². The molecule has 5 aromatic rings. The van der Waals surface area contributed by atoms with Crippen molar-refractivity contribution in [1.29, 1.82) is 0 Å². The van der Waals surface area contributed by atoms with Crippen molar-refractivity contribution in [3.8, 4) is 33.6 Å². The van der Waals surface area contributed by atoms with Crippen LogP contribution < -0.4 is 0 Å². The molecule has 0 bridgehead atoms. The van der Waals surface area contributed by atoms with Gasteiger partial charge in [0.15, 0.2) is 0 Å². The number of rotatable bonds is 7. The number of hydrogen-bond donors (Lipinski definition) is 1. The van der Waals surface area contributed by atoms with Gasteiger partial charge in [0.1, 0.15) is 0 Å². The van der Waals surface area contributed by atoms with Crippen LogP contribution in [0.25, 0.3) is 39.3 Å². The molecule has 0 saturated carbocycles. The van der Waals surface area contributed by atoms with E-state index in [0.29, 0.717) is 5.92 Å². The molecule has 0 aliphatic heterocycles. The molecule has 0 fully saturated rings. The number of aromatic nitrogens is 2. The SMILES string of the molecule is C=C(Cc1ccccc1-c1ccc(C(C)C)[nH]1)n1cc(C(C)(C)C)cc1-c1cccc(-c2ccccc2)c1. The van der Waals surface area contributed by atoms with E-state index in [2.05, 4.69) is 154 Å². The smallest absolute Gasteiger partial charge is 0.0528 e. The number of allylic oxidation sites excluding steroid dienone is 1. The number of hydrogen-bond acceptors (Lipinski definition) is 0. The lowest BCUT2D eigenvalue weighted by Gasteiger charge is -2.17. The number of nitrogens with one attached hydrogen (secondary N) is 1. The van der Waals surface area contributed by atoms with E-state index in [-0.39, 0.29) is 5.41 Å². The summed E-state index contributed by atoms with van der Waals surface area (Å²) in [4.78, 5) is 3.63. The van der Waals surface area contributed by atoms with E-state index in [9.17, 15) is 0 Å². The molecule has 3 aromatic carbocycles. The van der Waals surface area contributed by atoms with Crippen molar-refractivity contribution in [2.24, 2.45) is 0 Å². The van der Waals surface area contributed by atoms with Crippen molar-refractivity contribution in [2.45, 2.75) is 52.4 Å². The van der Waals surface area contributed by atoms with Crippen LogP contribution in [-0.4, -0.2) is 9.55 Å². The van der Waals surface area contributed by atoms with Crippen LogP contribution in [0.5, 0.6) is 0 Å². The van der Waals surface area contributed by atoms with Crippen LogP contribution in [0.15, 0.2) is 110 Å². The van der Waals surface area contributed by atoms with Crippen molar-refractivity contribution >= 4 is 5.70 Å². The molecule has 0 aliphatic rings. The van der Waals surface area contributed by atoms with Crippen LogP contribution in [-0.2, 0) is 11.8 Å². The molecule has 2 heteroatoms. The lowest BCUT2D eigenvalue weighted by molar-refractivity contribution is 0.590. The highest BCUT2D eigenvalue weighted by Crippen LogP contribution is 2.35. The fourth-order valence-corrected chi connectivity index (χ4v) is 4.99. The van der Waals surface area contributed by atoms with E-state index in [4.69, 9.17) is 0 Å². The number of nitrogens with zero attached hydrogens (tertiary/aromatic N) is 1. The van der Waals surface area contributed by atoms with Gasteiger partial charge in [-0.1, -0.05) is 114 Å². The molecule has 192 valence electrons. The fourth-order valence-electron chi connectivity index (χ4n) is 4.99. The minimum absolute atomic E-state index is 0.0344. The van der Waals surface area contributed by atoms with Crippen molar-refractivity contribution < 1.29 is 0 Å². The molecule has 0 aliphatic carbocycles. The van der Waals surface area contributed by atoms with Crippen LogP contribution in [0.4, 0.5) is 0 Å². The molecule has 5 rings (SSSR count). The first-order valence-corrected chi connectivity index (χ1v) is 13.5. The predicted octanol–water partition coefficient (Wildman–Crippen LogP) is 9.95. The Bertz CT molecular complexity index is 1550. The Kier molecular flexibility index (Phi) is 6.99. The van der Waals surface area contributed by atoms with E-state index >= 15 is 0 Å². The number of aromatic amines is 1. The lowest BCUT2D eigenvalue weighted by Crippen LogP contribution is -2.09. The van der Waals surface area contributed by atoms with Gasteiger partial charge in [0.05, 0.1) is 5.69 Å². The van der Waals surface area contributed by atoms with Crippen LogP contribution in [0.2, 0.25) is 0 Å². The molecule has 2 aromatic heterocycles. The minimum atomic E-state index is 0.0344. The molecular weight excluding hydrogens is 460 g/mol. The lowest BCUT2D eigenvalue weighted by atomic mass is 9.89. The molecular formula is C36H38N2. The second kappa shape index (κ2) is 10.4. The summed E-state index contributed by atoms with van der Waals surface area (Å²) in [6, 6.07) is 34.8. The van der Waals surface area contributed by atoms with Gasteiger partial charge >= 0.3 is 0 Å². The number of H-pyrrole nitrogens is 1. The van der Waals surface area contributed by atoms with Crippen LogP contribution in [0.3, 0.4) is 0 Å². The van der Waals surface area contributed by atoms with Gasteiger partial charge < -0.3 is 9.55 Å². The molecule has 0 spiro atoms. The van der Waals surface area contributed by atoms with Crippen LogP contribution >= 0.6 is 0 Å². The Morgan fingerprint density at radius 1 is 0.789 bits per heavy atom. The van der Waals surface area contributed by atoms with Crippen molar-refractivity contribution in [1.82, 2.24) is 9.55 Å². The first-order chi connectivity index (χ1) is 18.2. The quantitative estimate of drug-likeness (QED) is 0.230. The molecule has 38 heavy (non-hydrogen) atoms. The average Bonchev–Trinajstić information content (AvgIpc) is 3.58. The third kappa shape index (κ3) is 5.31. The maximum Gasteiger partial charge on any atom is 0.0528 e. The molecule has 0 radical (unpaired) electrons. The third-order valence-corrected chi connectivity index (χ3v) is 7.32. The van der Waals surface area contributed by atoms with Crippen molar-refractivity contribution in [3.05, 3.63) is 127 Å². The zero-order chi connectivity index (χ0) is 26.9. The van der Waals surface area contributed by atoms with E-state index in [1.54, 1.807) is 0 Å². The highest BCUT2D eigenvalue weighted by molar-refractivity contribution is 5.75. The standard InChI is InChI=1S/C36H38N2/c1-25(2)33-19-20-34(37-33)32-18-11-10-15-29(32)21-26(3)38-24-31(36(4,5)6)23-35(38)30-17-12-16-28(22-30)27-13-8-7-9-14-27/h7-20,22-25,37H,3,21H2,1-2,4-6H3. The van der Waals surface area contributed by atoms with Gasteiger partial charge in [0.2, 0.25) is 0 Å². The molecule has 2 heterocycles. The van der Waals surface area contributed by atoms with Gasteiger partial charge in [0.25, 0.3) is 0 Å². The molecule has 0 amide bonds. The Hall–Kier alpha value is -4.04. The summed E-state index contributed by atoms with van der Waals surface area (Å²) in [5, 5.41) is 0. The topological polar surface area (TPSA) is 20.7 Å². The van der Waals surface area contributed by atoms with E-state index in [1.807, 2.05) is 0 Å². The second-order valence-corrected chi connectivity index (χ2v) is 11.6. The largest absolute Gasteiger partial charge is 0.358 e. The second-order valence-electron chi connectivity index (χ2n) is 11.6. The van der Waals surface area contributed by atoms with Gasteiger partial charge in [0, 0.05) is 35.3 Å². The van der Waals surface area contributed by atoms with E-state index < -0.39 is 0 Å². The molecule has 0 saturated heterocycles. The van der Waals surface area contributed by atoms with Crippen molar-refractivity contribution in [3.63, 3.8) is 0 Å². The summed E-state index contributed by atoms with van der Waals surface area (Å²) >= 11 is 0. The first kappa shape index (κ1) is 25.6. The molecule has 2 nitrogen and oxygen atoms in total. The Morgan fingerprint density at radius 3 is 2.18 bits per heavy atom. The fraction of sp³-hybridized carbons (Fsp3) is 0.222. The predicted molar refractivity (Wildman–Crippen MR) is 163 cm³/mol. The highest BCUT2D eigenvalue weighted by Gasteiger charge is 2.20. The summed E-state index contributed by atoms with van der Waals surface area (Å²) in [7, 11) is 0. The summed E-state index contributed by atoms with van der Waals surface area (Å²) in [6.07, 6.45) is 3.04. The van der Waals surface area contributed by atoms with Gasteiger partial charge in [-0.15, -0.1) is 0 Å². The summed E-state index contributed by atoms with van der Waals surface area (Å²) in [6.45, 7) is 15.9. The average molecular weight is 499 g/mol. The maximum absolute atomic E-state index is 4.60. The summed E-state index contributed by atoms with van der Waals surface area (Å²) < 4.78 is 2.30. The molecule has 0 unspecified atom stereocenters. The normalized spacial score (nSPS) is 11.7. The van der Waals surface area contributed by atoms with E-state index in [1.165, 1.54) is 44.8 Å². The Labute approximate surface area is 227 Å². The Balaban J connectivity index is 1.54. The van der Waals surface area contributed by atoms with Crippen molar-refractivity contribution in [2.75, 3.05) is 0 Å². The molecule has 0 atom stereocenters. The van der Waals surface area contributed by atoms with Crippen LogP contribution in [0.1, 0.15) is 57.4 Å². The highest BCUT2D eigenvalue weighted by atomic mass is 15.0. The molecule has 1 N–H and O–H groups in total. The maximum atomic E-state index is 4.60. The summed E-state index contributed by atoms with van der Waals surface area (Å²) in [5.74, 6) is 0.468. The number of benzene rings is 3. The third-order valence-electron chi connectivity index (χ3n) is 7.32. The van der Waals surface area contributed by atoms with E-state index in [0.717, 1.165) is 17.8 Å². The zero-order valence-electron chi connectivity index (χ0n) is 23.3. The monoisotopic (exact) mass is 498 g/mol. The first-order valence-electron chi connectivity index (χ1n) is 13.5.